The molecule has 6 heteroatoms. The normalized spacial score (nSPS) is 14.9. The van der Waals surface area contributed by atoms with E-state index in [0.717, 1.165) is 18.4 Å². The van der Waals surface area contributed by atoms with E-state index in [0.29, 0.717) is 12.1 Å². The van der Waals surface area contributed by atoms with E-state index in [9.17, 15) is 13.2 Å². The second-order valence-electron chi connectivity index (χ2n) is 5.73. The number of ketones is 1. The molecule has 1 heterocycles. The minimum Gasteiger partial charge on any atom is -0.295 e. The van der Waals surface area contributed by atoms with Crippen molar-refractivity contribution in [1.29, 1.82) is 0 Å². The Kier molecular flexibility index (Phi) is 4.28. The van der Waals surface area contributed by atoms with E-state index in [1.165, 1.54) is 17.3 Å². The third-order valence-corrected chi connectivity index (χ3v) is 5.76. The number of Topliss-reactive ketones (excluding diaryl/α,β-unsaturated/α-hetero) is 1. The largest absolute Gasteiger partial charge is 0.295 e. The van der Waals surface area contributed by atoms with E-state index >= 15 is 0 Å². The highest BCUT2D eigenvalue weighted by Crippen LogP contribution is 2.33. The van der Waals surface area contributed by atoms with Crippen LogP contribution in [0.15, 0.2) is 53.7 Å². The molecular weight excluding hydrogens is 312 g/mol. The molecule has 5 nitrogen and oxygen atoms in total. The number of hydrogen-bond donors (Lipinski definition) is 0. The Bertz CT molecular complexity index is 815. The van der Waals surface area contributed by atoms with Gasteiger partial charge in [-0.2, -0.15) is 4.31 Å². The van der Waals surface area contributed by atoms with Crippen LogP contribution in [0.5, 0.6) is 0 Å². The van der Waals surface area contributed by atoms with E-state index < -0.39 is 10.0 Å². The molecule has 1 aliphatic carbocycles. The van der Waals surface area contributed by atoms with Gasteiger partial charge in [-0.1, -0.05) is 18.2 Å². The second kappa shape index (κ2) is 6.22. The minimum atomic E-state index is -3.64. The molecule has 0 bridgehead atoms. The van der Waals surface area contributed by atoms with Crippen molar-refractivity contribution in [3.8, 4) is 0 Å². The fraction of sp³-hybridized carbons (Fsp3) is 0.294. The molecule has 1 fully saturated rings. The Morgan fingerprint density at radius 1 is 1.26 bits per heavy atom. The zero-order valence-electron chi connectivity index (χ0n) is 12.8. The summed E-state index contributed by atoms with van der Waals surface area (Å²) >= 11 is 0. The fourth-order valence-electron chi connectivity index (χ4n) is 2.46. The average molecular weight is 330 g/mol. The van der Waals surface area contributed by atoms with Crippen LogP contribution in [0.2, 0.25) is 0 Å². The minimum absolute atomic E-state index is 0.0289. The molecule has 3 rings (SSSR count). The number of nitrogens with zero attached hydrogens (tertiary/aromatic N) is 2. The summed E-state index contributed by atoms with van der Waals surface area (Å²) in [5, 5.41) is 0. The van der Waals surface area contributed by atoms with Crippen LogP contribution in [0.25, 0.3) is 0 Å². The zero-order valence-corrected chi connectivity index (χ0v) is 13.7. The first-order valence-electron chi connectivity index (χ1n) is 7.50. The van der Waals surface area contributed by atoms with Crippen molar-refractivity contribution in [2.45, 2.75) is 37.2 Å². The number of carbonyl (C=O) groups excluding carboxylic acids is 1. The summed E-state index contributed by atoms with van der Waals surface area (Å²) in [6.45, 7) is 1.73. The Morgan fingerprint density at radius 3 is 2.65 bits per heavy atom. The first kappa shape index (κ1) is 15.8. The van der Waals surface area contributed by atoms with Crippen molar-refractivity contribution in [1.82, 2.24) is 9.29 Å². The first-order valence-corrected chi connectivity index (χ1v) is 8.94. The molecule has 1 aromatic carbocycles. The van der Waals surface area contributed by atoms with Gasteiger partial charge in [-0.25, -0.2) is 8.42 Å². The molecule has 0 unspecified atom stereocenters. The maximum Gasteiger partial charge on any atom is 0.243 e. The number of sulfonamides is 1. The molecule has 0 spiro atoms. The number of pyridine rings is 1. The highest BCUT2D eigenvalue weighted by molar-refractivity contribution is 7.89. The zero-order chi connectivity index (χ0) is 16.4. The molecule has 0 radical (unpaired) electrons. The number of hydrogen-bond acceptors (Lipinski definition) is 4. The summed E-state index contributed by atoms with van der Waals surface area (Å²) in [6, 6.07) is 9.92. The lowest BCUT2D eigenvalue weighted by Crippen LogP contribution is -2.32. The molecule has 0 N–H and O–H groups in total. The average Bonchev–Trinajstić information content (AvgIpc) is 3.38. The van der Waals surface area contributed by atoms with Crippen molar-refractivity contribution in [2.24, 2.45) is 0 Å². The van der Waals surface area contributed by atoms with Crippen molar-refractivity contribution >= 4 is 15.8 Å². The molecule has 1 saturated carbocycles. The lowest BCUT2D eigenvalue weighted by molar-refractivity contribution is 0.101. The van der Waals surface area contributed by atoms with Gasteiger partial charge < -0.3 is 0 Å². The van der Waals surface area contributed by atoms with Gasteiger partial charge in [-0.3, -0.25) is 9.78 Å². The molecule has 0 saturated heterocycles. The predicted octanol–water partition coefficient (Wildman–Crippen LogP) is 2.64. The SMILES string of the molecule is CC(=O)c1cccc(S(=O)(=O)N(Cc2cccnc2)C2CC2)c1. The number of rotatable bonds is 6. The summed E-state index contributed by atoms with van der Waals surface area (Å²) in [5.74, 6) is -0.146. The van der Waals surface area contributed by atoms with Gasteiger partial charge in [0, 0.05) is 30.5 Å². The first-order chi connectivity index (χ1) is 11.0. The fourth-order valence-corrected chi connectivity index (χ4v) is 4.17. The molecule has 0 amide bonds. The van der Waals surface area contributed by atoms with Crippen molar-refractivity contribution < 1.29 is 13.2 Å². The molecule has 1 aromatic heterocycles. The number of aromatic nitrogens is 1. The van der Waals surface area contributed by atoms with Gasteiger partial charge in [0.25, 0.3) is 0 Å². The molecule has 1 aliphatic rings. The van der Waals surface area contributed by atoms with E-state index in [4.69, 9.17) is 0 Å². The molecule has 23 heavy (non-hydrogen) atoms. The van der Waals surface area contributed by atoms with Gasteiger partial charge in [0.05, 0.1) is 4.90 Å². The van der Waals surface area contributed by atoms with Gasteiger partial charge in [-0.15, -0.1) is 0 Å². The number of benzene rings is 1. The van der Waals surface area contributed by atoms with E-state index in [-0.39, 0.29) is 16.7 Å². The summed E-state index contributed by atoms with van der Waals surface area (Å²) < 4.78 is 27.5. The molecule has 0 aliphatic heterocycles. The van der Waals surface area contributed by atoms with Crippen molar-refractivity contribution in [3.63, 3.8) is 0 Å². The van der Waals surface area contributed by atoms with Gasteiger partial charge in [-0.05, 0) is 43.5 Å². The van der Waals surface area contributed by atoms with Gasteiger partial charge in [0.1, 0.15) is 0 Å². The summed E-state index contributed by atoms with van der Waals surface area (Å²) in [6.07, 6.45) is 5.07. The topological polar surface area (TPSA) is 67.3 Å². The van der Waals surface area contributed by atoms with Gasteiger partial charge in [0.2, 0.25) is 10.0 Å². The molecule has 0 atom stereocenters. The predicted molar refractivity (Wildman–Crippen MR) is 86.4 cm³/mol. The third kappa shape index (κ3) is 3.48. The van der Waals surface area contributed by atoms with Crippen LogP contribution in [-0.2, 0) is 16.6 Å². The Labute approximate surface area is 136 Å². The maximum absolute atomic E-state index is 13.0. The van der Waals surface area contributed by atoms with E-state index in [2.05, 4.69) is 4.98 Å². The second-order valence-corrected chi connectivity index (χ2v) is 7.62. The van der Waals surface area contributed by atoms with Crippen LogP contribution >= 0.6 is 0 Å². The highest BCUT2D eigenvalue weighted by Gasteiger charge is 2.38. The molecule has 2 aromatic rings. The van der Waals surface area contributed by atoms with Crippen LogP contribution in [0.1, 0.15) is 35.7 Å². The quantitative estimate of drug-likeness (QED) is 0.764. The summed E-state index contributed by atoms with van der Waals surface area (Å²) in [7, 11) is -3.64. The van der Waals surface area contributed by atoms with Crippen LogP contribution in [-0.4, -0.2) is 29.5 Å². The lowest BCUT2D eigenvalue weighted by Gasteiger charge is -2.22. The highest BCUT2D eigenvalue weighted by atomic mass is 32.2. The Morgan fingerprint density at radius 2 is 2.04 bits per heavy atom. The monoisotopic (exact) mass is 330 g/mol. The molecule has 120 valence electrons. The van der Waals surface area contributed by atoms with Gasteiger partial charge >= 0.3 is 0 Å². The van der Waals surface area contributed by atoms with Crippen LogP contribution < -0.4 is 0 Å². The number of carbonyl (C=O) groups is 1. The molecular formula is C17H18N2O3S. The smallest absolute Gasteiger partial charge is 0.243 e. The Balaban J connectivity index is 1.95. The summed E-state index contributed by atoms with van der Waals surface area (Å²) in [4.78, 5) is 15.7. The van der Waals surface area contributed by atoms with Gasteiger partial charge in [0.15, 0.2) is 5.78 Å². The van der Waals surface area contributed by atoms with Crippen LogP contribution in [0, 0.1) is 0 Å². The lowest BCUT2D eigenvalue weighted by atomic mass is 10.2. The standard InChI is InChI=1S/C17H18N2O3S/c1-13(20)15-5-2-6-17(10-15)23(21,22)19(16-7-8-16)12-14-4-3-9-18-11-14/h2-6,9-11,16H,7-8,12H2,1H3. The van der Waals surface area contributed by atoms with Crippen molar-refractivity contribution in [2.75, 3.05) is 0 Å². The van der Waals surface area contributed by atoms with Crippen molar-refractivity contribution in [3.05, 3.63) is 59.9 Å². The Hall–Kier alpha value is -2.05. The summed E-state index contributed by atoms with van der Waals surface area (Å²) in [5.41, 5.74) is 1.26. The van der Waals surface area contributed by atoms with E-state index in [1.54, 1.807) is 36.7 Å². The van der Waals surface area contributed by atoms with Crippen LogP contribution in [0.3, 0.4) is 0 Å². The third-order valence-electron chi connectivity index (χ3n) is 3.86. The van der Waals surface area contributed by atoms with Crippen LogP contribution in [0.4, 0.5) is 0 Å². The van der Waals surface area contributed by atoms with E-state index in [1.807, 2.05) is 6.07 Å². The maximum atomic E-state index is 13.0.